The molecule has 8 aromatic carbocycles. The fourth-order valence-corrected chi connectivity index (χ4v) is 9.08. The van der Waals surface area contributed by atoms with Crippen molar-refractivity contribution < 1.29 is 0 Å². The zero-order valence-corrected chi connectivity index (χ0v) is 28.9. The normalized spacial score (nSPS) is 12.1. The third-order valence-electron chi connectivity index (χ3n) is 10.1. The molecule has 0 bridgehead atoms. The molecule has 10 rings (SSSR count). The second kappa shape index (κ2) is 11.9. The van der Waals surface area contributed by atoms with Crippen LogP contribution in [-0.2, 0) is 5.11 Å². The molecular formula is C46H27B3N2S. The Hall–Kier alpha value is -5.84. The van der Waals surface area contributed by atoms with Gasteiger partial charge in [0, 0.05) is 25.9 Å². The molecule has 6 radical (unpaired) electrons. The molecule has 0 amide bonds. The monoisotopic (exact) mass is 672 g/mol. The summed E-state index contributed by atoms with van der Waals surface area (Å²) in [5.41, 5.74) is 9.59. The van der Waals surface area contributed by atoms with Gasteiger partial charge in [0.05, 0.1) is 40.4 Å². The van der Waals surface area contributed by atoms with E-state index in [4.69, 9.17) is 28.5 Å². The number of fused-ring (bicyclic) bond motifs is 6. The Morgan fingerprint density at radius 3 is 1.96 bits per heavy atom. The quantitative estimate of drug-likeness (QED) is 0.131. The van der Waals surface area contributed by atoms with E-state index in [1.54, 1.807) is 0 Å². The Morgan fingerprint density at radius 2 is 1.13 bits per heavy atom. The molecule has 0 atom stereocenters. The van der Waals surface area contributed by atoms with Crippen LogP contribution in [0.5, 0.6) is 0 Å². The molecule has 0 saturated carbocycles. The summed E-state index contributed by atoms with van der Waals surface area (Å²) in [5, 5.41) is 5.67. The number of thiophene rings is 1. The van der Waals surface area contributed by atoms with Gasteiger partial charge in [0.1, 0.15) is 0 Å². The zero-order valence-electron chi connectivity index (χ0n) is 28.1. The maximum absolute atomic E-state index is 6.33. The summed E-state index contributed by atoms with van der Waals surface area (Å²) in [7, 11) is 19.0. The molecule has 0 fully saturated rings. The average Bonchev–Trinajstić information content (AvgIpc) is 3.77. The summed E-state index contributed by atoms with van der Waals surface area (Å²) in [6, 6.07) is 58.3. The van der Waals surface area contributed by atoms with E-state index in [9.17, 15) is 0 Å². The van der Waals surface area contributed by atoms with Gasteiger partial charge in [-0.1, -0.05) is 126 Å². The summed E-state index contributed by atoms with van der Waals surface area (Å²) in [6.45, 7) is 0. The first-order valence-electron chi connectivity index (χ1n) is 17.3. The Balaban J connectivity index is 1.32. The van der Waals surface area contributed by atoms with Gasteiger partial charge in [-0.15, -0.1) is 11.3 Å². The maximum atomic E-state index is 6.33. The lowest BCUT2D eigenvalue weighted by atomic mass is 9.42. The number of para-hydroxylation sites is 2. The minimum atomic E-state index is -1.64. The minimum Gasteiger partial charge on any atom is -0.298 e. The summed E-state index contributed by atoms with van der Waals surface area (Å²) < 4.78 is 4.55. The molecule has 0 N–H and O–H groups in total. The third-order valence-corrected chi connectivity index (χ3v) is 11.3. The van der Waals surface area contributed by atoms with Crippen LogP contribution in [0.3, 0.4) is 0 Å². The standard InChI is InChI=1S/C46H27B3N2S/c47-46(48,49)45-50-38-20-7-8-21-39(38)51(45)31-15-10-14-30(26-31)42-32-16-4-5-17-33(32)43(37-27-29(24-25-34(37)42)28-12-2-1-3-13-28)36-19-11-23-41-44(36)35-18-6-9-22-40(35)52-41/h1-27H. The predicted molar refractivity (Wildman–Crippen MR) is 224 cm³/mol. The molecule has 236 valence electrons. The van der Waals surface area contributed by atoms with Crippen molar-refractivity contribution in [1.82, 2.24) is 9.55 Å². The highest BCUT2D eigenvalue weighted by molar-refractivity contribution is 7.26. The van der Waals surface area contributed by atoms with Crippen LogP contribution in [0.1, 0.15) is 5.82 Å². The van der Waals surface area contributed by atoms with Crippen LogP contribution in [-0.4, -0.2) is 33.1 Å². The van der Waals surface area contributed by atoms with Crippen LogP contribution in [0.4, 0.5) is 0 Å². The summed E-state index contributed by atoms with van der Waals surface area (Å²) in [4.78, 5) is 4.78. The number of nitrogens with zero attached hydrogens (tertiary/aromatic N) is 2. The van der Waals surface area contributed by atoms with Crippen molar-refractivity contribution in [2.24, 2.45) is 0 Å². The average molecular weight is 672 g/mol. The highest BCUT2D eigenvalue weighted by atomic mass is 32.1. The van der Waals surface area contributed by atoms with Crippen LogP contribution >= 0.6 is 11.3 Å². The van der Waals surface area contributed by atoms with E-state index in [1.807, 2.05) is 40.2 Å². The second-order valence-corrected chi connectivity index (χ2v) is 14.5. The third kappa shape index (κ3) is 4.86. The first-order chi connectivity index (χ1) is 25.4. The molecule has 6 heteroatoms. The summed E-state index contributed by atoms with van der Waals surface area (Å²) in [6.07, 6.45) is 0. The molecular weight excluding hydrogens is 645 g/mol. The van der Waals surface area contributed by atoms with Crippen molar-refractivity contribution in [3.05, 3.63) is 170 Å². The Labute approximate surface area is 309 Å². The molecule has 0 aliphatic heterocycles. The molecule has 0 aliphatic carbocycles. The zero-order chi connectivity index (χ0) is 35.0. The summed E-state index contributed by atoms with van der Waals surface area (Å²) >= 11 is 1.85. The highest BCUT2D eigenvalue weighted by Crippen LogP contribution is 2.48. The molecule has 2 nitrogen and oxygen atoms in total. The number of rotatable bonds is 5. The van der Waals surface area contributed by atoms with Gasteiger partial charge in [0.25, 0.3) is 0 Å². The van der Waals surface area contributed by atoms with Crippen molar-refractivity contribution in [1.29, 1.82) is 0 Å². The van der Waals surface area contributed by atoms with Gasteiger partial charge in [-0.2, -0.15) is 0 Å². The molecule has 0 saturated heterocycles. The van der Waals surface area contributed by atoms with E-state index >= 15 is 0 Å². The van der Waals surface area contributed by atoms with Gasteiger partial charge in [0.15, 0.2) is 0 Å². The van der Waals surface area contributed by atoms with E-state index in [2.05, 4.69) is 140 Å². The fourth-order valence-electron chi connectivity index (χ4n) is 7.95. The van der Waals surface area contributed by atoms with Gasteiger partial charge in [0.2, 0.25) is 0 Å². The van der Waals surface area contributed by atoms with Crippen LogP contribution in [0, 0.1) is 0 Å². The van der Waals surface area contributed by atoms with Gasteiger partial charge in [-0.3, -0.25) is 4.57 Å². The summed E-state index contributed by atoms with van der Waals surface area (Å²) in [5.74, 6) is 0.388. The van der Waals surface area contributed by atoms with Gasteiger partial charge in [-0.05, 0) is 97.4 Å². The van der Waals surface area contributed by atoms with Crippen molar-refractivity contribution >= 4 is 87.6 Å². The number of hydrogen-bond acceptors (Lipinski definition) is 2. The highest BCUT2D eigenvalue weighted by Gasteiger charge is 2.24. The Bertz CT molecular complexity index is 3010. The van der Waals surface area contributed by atoms with Crippen molar-refractivity contribution in [3.63, 3.8) is 0 Å². The van der Waals surface area contributed by atoms with Gasteiger partial charge < -0.3 is 0 Å². The van der Waals surface area contributed by atoms with Crippen molar-refractivity contribution in [2.75, 3.05) is 0 Å². The van der Waals surface area contributed by atoms with E-state index in [0.29, 0.717) is 5.82 Å². The molecule has 0 unspecified atom stereocenters. The van der Waals surface area contributed by atoms with E-state index in [0.717, 1.165) is 27.8 Å². The lowest BCUT2D eigenvalue weighted by Gasteiger charge is -2.22. The van der Waals surface area contributed by atoms with Crippen LogP contribution in [0.2, 0.25) is 0 Å². The molecule has 0 spiro atoms. The molecule has 2 heterocycles. The first kappa shape index (κ1) is 30.9. The topological polar surface area (TPSA) is 17.8 Å². The Morgan fingerprint density at radius 1 is 0.481 bits per heavy atom. The van der Waals surface area contributed by atoms with Crippen molar-refractivity contribution in [3.8, 4) is 39.1 Å². The SMILES string of the molecule is [B]C([B])([B])c1nc2ccccc2n1-c1cccc(-c2c3ccccc3c(-c3cccc4sc5ccccc5c34)c3cc(-c4ccccc4)ccc23)c1. The van der Waals surface area contributed by atoms with Gasteiger partial charge >= 0.3 is 0 Å². The predicted octanol–water partition coefficient (Wildman–Crippen LogP) is 11.3. The number of aromatic nitrogens is 2. The van der Waals surface area contributed by atoms with E-state index < -0.39 is 5.11 Å². The smallest absolute Gasteiger partial charge is 0.0951 e. The second-order valence-electron chi connectivity index (χ2n) is 13.4. The fraction of sp³-hybridized carbons (Fsp3) is 0.0217. The minimum absolute atomic E-state index is 0.388. The van der Waals surface area contributed by atoms with Crippen LogP contribution < -0.4 is 0 Å². The molecule has 52 heavy (non-hydrogen) atoms. The number of imidazole rings is 1. The van der Waals surface area contributed by atoms with Crippen LogP contribution in [0.15, 0.2) is 164 Å². The van der Waals surface area contributed by atoms with Crippen LogP contribution in [0.25, 0.3) is 91.8 Å². The molecule has 0 aliphatic rings. The van der Waals surface area contributed by atoms with Crippen molar-refractivity contribution in [2.45, 2.75) is 5.11 Å². The van der Waals surface area contributed by atoms with Gasteiger partial charge in [-0.25, -0.2) is 4.98 Å². The van der Waals surface area contributed by atoms with E-state index in [1.165, 1.54) is 64.0 Å². The van der Waals surface area contributed by atoms with E-state index in [-0.39, 0.29) is 0 Å². The Kier molecular flexibility index (Phi) is 7.06. The lowest BCUT2D eigenvalue weighted by molar-refractivity contribution is 0.930. The largest absolute Gasteiger partial charge is 0.298 e. The first-order valence-corrected chi connectivity index (χ1v) is 18.2. The molecule has 2 aromatic heterocycles. The lowest BCUT2D eigenvalue weighted by Crippen LogP contribution is -2.31. The maximum Gasteiger partial charge on any atom is 0.0951 e. The number of hydrogen-bond donors (Lipinski definition) is 0. The number of benzene rings is 8. The molecule has 10 aromatic rings.